The van der Waals surface area contributed by atoms with Crippen LogP contribution in [0, 0.1) is 10.1 Å². The van der Waals surface area contributed by atoms with E-state index in [1.165, 1.54) is 16.9 Å². The number of unbranched alkanes of at least 4 members (excludes halogenated alkanes) is 1. The van der Waals surface area contributed by atoms with Crippen LogP contribution in [0.1, 0.15) is 25.5 Å². The first-order valence-corrected chi connectivity index (χ1v) is 5.72. The Balaban J connectivity index is 2.15. The molecule has 2 aromatic rings. The first kappa shape index (κ1) is 12.2. The molecule has 0 spiro atoms. The minimum atomic E-state index is -0.481. The van der Waals surface area contributed by atoms with Crippen molar-refractivity contribution >= 4 is 5.69 Å². The molecule has 7 heteroatoms. The molecule has 0 aliphatic carbocycles. The number of nitrogens with zero attached hydrogens (tertiary/aromatic N) is 5. The van der Waals surface area contributed by atoms with Crippen LogP contribution in [0.25, 0.3) is 5.82 Å². The second kappa shape index (κ2) is 5.35. The average molecular weight is 247 g/mol. The molecule has 0 atom stereocenters. The van der Waals surface area contributed by atoms with Gasteiger partial charge in [0.2, 0.25) is 0 Å². The van der Waals surface area contributed by atoms with Crippen LogP contribution >= 0.6 is 0 Å². The molecule has 0 unspecified atom stereocenters. The van der Waals surface area contributed by atoms with Crippen LogP contribution in [-0.4, -0.2) is 24.9 Å². The van der Waals surface area contributed by atoms with Gasteiger partial charge in [-0.1, -0.05) is 18.6 Å². The maximum Gasteiger partial charge on any atom is 0.287 e. The zero-order valence-corrected chi connectivity index (χ0v) is 9.98. The van der Waals surface area contributed by atoms with Gasteiger partial charge in [-0.3, -0.25) is 10.1 Å². The summed E-state index contributed by atoms with van der Waals surface area (Å²) >= 11 is 0. The minimum absolute atomic E-state index is 0.0370. The summed E-state index contributed by atoms with van der Waals surface area (Å²) in [6.45, 7) is 2.11. The summed E-state index contributed by atoms with van der Waals surface area (Å²) in [5.74, 6) is 0.524. The van der Waals surface area contributed by atoms with Crippen LogP contribution in [0.3, 0.4) is 0 Å². The number of nitro groups is 1. The Labute approximate surface area is 104 Å². The third-order valence-corrected chi connectivity index (χ3v) is 2.51. The molecule has 0 amide bonds. The summed E-state index contributed by atoms with van der Waals surface area (Å²) in [4.78, 5) is 14.0. The van der Waals surface area contributed by atoms with E-state index in [1.54, 1.807) is 12.3 Å². The largest absolute Gasteiger partial charge is 0.287 e. The SMILES string of the molecule is CCCCc1cn(-c2ccc([N+](=O)[O-])cn2)nn1. The zero-order valence-electron chi connectivity index (χ0n) is 9.98. The standard InChI is InChI=1S/C11H13N5O2/c1-2-3-4-9-8-15(14-13-9)11-6-5-10(7-12-11)16(17)18/h5-8H,2-4H2,1H3. The van der Waals surface area contributed by atoms with Crippen molar-refractivity contribution in [1.29, 1.82) is 0 Å². The third-order valence-electron chi connectivity index (χ3n) is 2.51. The lowest BCUT2D eigenvalue weighted by Crippen LogP contribution is -1.99. The Morgan fingerprint density at radius 2 is 2.28 bits per heavy atom. The van der Waals surface area contributed by atoms with Gasteiger partial charge in [-0.15, -0.1) is 5.10 Å². The fraction of sp³-hybridized carbons (Fsp3) is 0.364. The van der Waals surface area contributed by atoms with Gasteiger partial charge in [-0.2, -0.15) is 0 Å². The van der Waals surface area contributed by atoms with Crippen LogP contribution < -0.4 is 0 Å². The van der Waals surface area contributed by atoms with Gasteiger partial charge in [-0.05, 0) is 18.9 Å². The Bertz CT molecular complexity index is 535. The number of aromatic nitrogens is 4. The van der Waals surface area contributed by atoms with Crippen LogP contribution in [0.2, 0.25) is 0 Å². The van der Waals surface area contributed by atoms with Crippen molar-refractivity contribution in [3.63, 3.8) is 0 Å². The van der Waals surface area contributed by atoms with E-state index < -0.39 is 4.92 Å². The van der Waals surface area contributed by atoms with E-state index in [2.05, 4.69) is 22.2 Å². The Morgan fingerprint density at radius 3 is 2.89 bits per heavy atom. The van der Waals surface area contributed by atoms with Crippen molar-refractivity contribution in [2.75, 3.05) is 0 Å². The number of aryl methyl sites for hydroxylation is 1. The number of hydrogen-bond donors (Lipinski definition) is 0. The first-order chi connectivity index (χ1) is 8.70. The molecule has 2 rings (SSSR count). The number of hydrogen-bond acceptors (Lipinski definition) is 5. The average Bonchev–Trinajstić information content (AvgIpc) is 2.85. The number of rotatable bonds is 5. The molecule has 94 valence electrons. The van der Waals surface area contributed by atoms with E-state index in [1.807, 2.05) is 0 Å². The van der Waals surface area contributed by atoms with E-state index in [0.717, 1.165) is 25.0 Å². The van der Waals surface area contributed by atoms with Crippen molar-refractivity contribution in [3.05, 3.63) is 40.3 Å². The summed E-state index contributed by atoms with van der Waals surface area (Å²) in [7, 11) is 0. The highest BCUT2D eigenvalue weighted by molar-refractivity contribution is 5.32. The molecule has 0 saturated carbocycles. The first-order valence-electron chi connectivity index (χ1n) is 5.72. The summed E-state index contributed by atoms with van der Waals surface area (Å²) in [6.07, 6.45) is 6.05. The molecule has 0 saturated heterocycles. The zero-order chi connectivity index (χ0) is 13.0. The van der Waals surface area contributed by atoms with E-state index in [4.69, 9.17) is 0 Å². The second-order valence-corrected chi connectivity index (χ2v) is 3.89. The van der Waals surface area contributed by atoms with Crippen molar-refractivity contribution < 1.29 is 4.92 Å². The highest BCUT2D eigenvalue weighted by atomic mass is 16.6. The number of pyridine rings is 1. The van der Waals surface area contributed by atoms with Crippen LogP contribution in [0.5, 0.6) is 0 Å². The molecule has 0 aliphatic rings. The molecule has 0 aromatic carbocycles. The lowest BCUT2D eigenvalue weighted by molar-refractivity contribution is -0.385. The van der Waals surface area contributed by atoms with Gasteiger partial charge in [0.05, 0.1) is 16.8 Å². The molecule has 7 nitrogen and oxygen atoms in total. The fourth-order valence-corrected chi connectivity index (χ4v) is 1.50. The Morgan fingerprint density at radius 1 is 1.44 bits per heavy atom. The molecule has 0 bridgehead atoms. The van der Waals surface area contributed by atoms with Crippen LogP contribution in [-0.2, 0) is 6.42 Å². The summed E-state index contributed by atoms with van der Waals surface area (Å²) in [5, 5.41) is 18.5. The summed E-state index contributed by atoms with van der Waals surface area (Å²) in [6, 6.07) is 2.95. The van der Waals surface area contributed by atoms with Crippen LogP contribution in [0.15, 0.2) is 24.5 Å². The van der Waals surface area contributed by atoms with E-state index in [9.17, 15) is 10.1 Å². The van der Waals surface area contributed by atoms with Gasteiger partial charge < -0.3 is 0 Å². The maximum atomic E-state index is 10.5. The Kier molecular flexibility index (Phi) is 3.61. The normalized spacial score (nSPS) is 10.5. The lowest BCUT2D eigenvalue weighted by Gasteiger charge is -1.97. The monoisotopic (exact) mass is 247 g/mol. The molecular weight excluding hydrogens is 234 g/mol. The lowest BCUT2D eigenvalue weighted by atomic mass is 10.2. The van der Waals surface area contributed by atoms with Gasteiger partial charge in [0.15, 0.2) is 5.82 Å². The smallest absolute Gasteiger partial charge is 0.258 e. The van der Waals surface area contributed by atoms with Gasteiger partial charge in [0.25, 0.3) is 5.69 Å². The highest BCUT2D eigenvalue weighted by Crippen LogP contribution is 2.11. The topological polar surface area (TPSA) is 86.7 Å². The molecule has 0 N–H and O–H groups in total. The van der Waals surface area contributed by atoms with E-state index in [-0.39, 0.29) is 5.69 Å². The minimum Gasteiger partial charge on any atom is -0.258 e. The van der Waals surface area contributed by atoms with Crippen LogP contribution in [0.4, 0.5) is 5.69 Å². The predicted octanol–water partition coefficient (Wildman–Crippen LogP) is 1.91. The predicted molar refractivity (Wildman–Crippen MR) is 64.4 cm³/mol. The molecular formula is C11H13N5O2. The van der Waals surface area contributed by atoms with Gasteiger partial charge in [0.1, 0.15) is 6.20 Å². The second-order valence-electron chi connectivity index (χ2n) is 3.89. The van der Waals surface area contributed by atoms with Gasteiger partial charge >= 0.3 is 0 Å². The summed E-state index contributed by atoms with van der Waals surface area (Å²) < 4.78 is 1.52. The van der Waals surface area contributed by atoms with E-state index in [0.29, 0.717) is 5.82 Å². The Hall–Kier alpha value is -2.31. The molecule has 2 aromatic heterocycles. The van der Waals surface area contributed by atoms with Gasteiger partial charge in [-0.25, -0.2) is 9.67 Å². The van der Waals surface area contributed by atoms with Gasteiger partial charge in [0, 0.05) is 6.07 Å². The summed E-state index contributed by atoms with van der Waals surface area (Å²) in [5.41, 5.74) is 0.863. The molecule has 18 heavy (non-hydrogen) atoms. The maximum absolute atomic E-state index is 10.5. The molecule has 2 heterocycles. The van der Waals surface area contributed by atoms with Crippen molar-refractivity contribution in [2.45, 2.75) is 26.2 Å². The van der Waals surface area contributed by atoms with E-state index >= 15 is 0 Å². The highest BCUT2D eigenvalue weighted by Gasteiger charge is 2.08. The molecule has 0 radical (unpaired) electrons. The van der Waals surface area contributed by atoms with Crippen molar-refractivity contribution in [1.82, 2.24) is 20.0 Å². The quantitative estimate of drug-likeness (QED) is 0.595. The fourth-order valence-electron chi connectivity index (χ4n) is 1.50. The third kappa shape index (κ3) is 2.68. The van der Waals surface area contributed by atoms with Crippen molar-refractivity contribution in [3.8, 4) is 5.82 Å². The molecule has 0 fully saturated rings. The van der Waals surface area contributed by atoms with Crippen molar-refractivity contribution in [2.24, 2.45) is 0 Å². The molecule has 0 aliphatic heterocycles.